The van der Waals surface area contributed by atoms with Crippen LogP contribution >= 0.6 is 11.8 Å². The number of carbonyl (C=O) groups excluding carboxylic acids is 3. The zero-order valence-corrected chi connectivity index (χ0v) is 18.6. The minimum Gasteiger partial charge on any atom is -0.480 e. The van der Waals surface area contributed by atoms with Crippen LogP contribution < -0.4 is 16.0 Å². The maximum Gasteiger partial charge on any atom is 0.352 e. The summed E-state index contributed by atoms with van der Waals surface area (Å²) in [6.45, 7) is 1.65. The summed E-state index contributed by atoms with van der Waals surface area (Å²) in [7, 11) is 0. The third-order valence-corrected chi connectivity index (χ3v) is 6.63. The van der Waals surface area contributed by atoms with E-state index in [1.807, 2.05) is 0 Å². The van der Waals surface area contributed by atoms with Crippen molar-refractivity contribution in [2.45, 2.75) is 43.6 Å². The lowest BCUT2D eigenvalue weighted by Crippen LogP contribution is -2.70. The highest BCUT2D eigenvalue weighted by molar-refractivity contribution is 8.00. The van der Waals surface area contributed by atoms with Crippen molar-refractivity contribution in [1.82, 2.24) is 15.5 Å². The normalized spacial score (nSPS) is 20.3. The third-order valence-electron chi connectivity index (χ3n) is 5.21. The van der Waals surface area contributed by atoms with Gasteiger partial charge in [0.25, 0.3) is 5.91 Å². The highest BCUT2D eigenvalue weighted by Gasteiger charge is 2.53. The summed E-state index contributed by atoms with van der Waals surface area (Å²) >= 11 is 1.37. The molecule has 2 heterocycles. The number of rotatable bonds is 9. The van der Waals surface area contributed by atoms with Crippen molar-refractivity contribution in [3.8, 4) is 0 Å². The Bertz CT molecular complexity index is 998. The van der Waals surface area contributed by atoms with Crippen LogP contribution in [0.4, 0.5) is 10.5 Å². The van der Waals surface area contributed by atoms with Gasteiger partial charge in [-0.25, -0.2) is 14.4 Å². The van der Waals surface area contributed by atoms with E-state index in [0.717, 1.165) is 0 Å². The Morgan fingerprint density at radius 3 is 2.52 bits per heavy atom. The topological polar surface area (TPSA) is 165 Å². The van der Waals surface area contributed by atoms with Gasteiger partial charge < -0.3 is 26.2 Å². The highest BCUT2D eigenvalue weighted by atomic mass is 32.2. The number of nitrogens with zero attached hydrogens (tertiary/aromatic N) is 1. The molecule has 5 N–H and O–H groups in total. The van der Waals surface area contributed by atoms with Gasteiger partial charge in [-0.1, -0.05) is 18.2 Å². The number of carbonyl (C=O) groups is 5. The molecule has 1 aromatic carbocycles. The number of aliphatic carboxylic acids is 2. The molecule has 2 unspecified atom stereocenters. The van der Waals surface area contributed by atoms with Crippen LogP contribution in [0, 0.1) is 0 Å². The van der Waals surface area contributed by atoms with E-state index in [0.29, 0.717) is 17.0 Å². The lowest BCUT2D eigenvalue weighted by atomic mass is 10.0. The van der Waals surface area contributed by atoms with Crippen LogP contribution in [0.25, 0.3) is 0 Å². The fraction of sp³-hybridized carbons (Fsp3) is 0.381. The number of hydrogen-bond acceptors (Lipinski definition) is 6. The second-order valence-electron chi connectivity index (χ2n) is 7.64. The first-order valence-electron chi connectivity index (χ1n) is 10.2. The lowest BCUT2D eigenvalue weighted by Gasteiger charge is -2.49. The van der Waals surface area contributed by atoms with Crippen LogP contribution in [0.2, 0.25) is 0 Å². The molecule has 2 aliphatic rings. The molecule has 4 amide bonds. The van der Waals surface area contributed by atoms with E-state index in [1.54, 1.807) is 37.3 Å². The molecule has 2 aliphatic heterocycles. The molecule has 11 nitrogen and oxygen atoms in total. The number of amides is 4. The Hall–Kier alpha value is -3.54. The molecule has 3 rings (SSSR count). The number of hydrogen-bond donors (Lipinski definition) is 5. The molecule has 12 heteroatoms. The summed E-state index contributed by atoms with van der Waals surface area (Å²) in [5, 5.41) is 25.7. The lowest BCUT2D eigenvalue weighted by molar-refractivity contribution is -0.150. The SMILES string of the molecule is CC1=C(C(=O)O)N2C(=O)C(NC(=O)CCCC(NC(=O)Nc3ccccc3)C(=O)O)[C@H]2SC1. The van der Waals surface area contributed by atoms with Gasteiger partial charge in [0.1, 0.15) is 23.2 Å². The predicted molar refractivity (Wildman–Crippen MR) is 119 cm³/mol. The van der Waals surface area contributed by atoms with E-state index in [9.17, 15) is 34.2 Å². The smallest absolute Gasteiger partial charge is 0.352 e. The molecule has 3 atom stereocenters. The summed E-state index contributed by atoms with van der Waals surface area (Å²) in [6, 6.07) is 5.84. The van der Waals surface area contributed by atoms with Crippen molar-refractivity contribution < 1.29 is 34.2 Å². The van der Waals surface area contributed by atoms with Gasteiger partial charge in [0, 0.05) is 17.9 Å². The van der Waals surface area contributed by atoms with Crippen molar-refractivity contribution >= 4 is 47.2 Å². The second-order valence-corrected chi connectivity index (χ2v) is 8.74. The number of urea groups is 1. The summed E-state index contributed by atoms with van der Waals surface area (Å²) in [4.78, 5) is 60.8. The molecule has 1 aromatic rings. The molecular formula is C21H24N4O7S. The zero-order valence-electron chi connectivity index (χ0n) is 17.7. The molecular weight excluding hydrogens is 452 g/mol. The fourth-order valence-electron chi connectivity index (χ4n) is 3.59. The Kier molecular flexibility index (Phi) is 7.59. The van der Waals surface area contributed by atoms with E-state index >= 15 is 0 Å². The molecule has 0 bridgehead atoms. The number of benzene rings is 1. The number of carboxylic acids is 2. The number of fused-ring (bicyclic) bond motifs is 1. The minimum atomic E-state index is -1.23. The van der Waals surface area contributed by atoms with E-state index in [-0.39, 0.29) is 25.0 Å². The average Bonchev–Trinajstić information content (AvgIpc) is 2.76. The standard InChI is InChI=1S/C21H24N4O7S/c1-11-10-33-18-15(17(27)25(18)16(11)20(30)31)24-14(26)9-5-8-13(19(28)29)23-21(32)22-12-6-3-2-4-7-12/h2-4,6-7,13,15,18H,5,8-10H2,1H3,(H,24,26)(H,28,29)(H,30,31)(H2,22,23,32)/t13?,15?,18-/m1/s1. The summed E-state index contributed by atoms with van der Waals surface area (Å²) in [5.41, 5.74) is 1.05. The van der Waals surface area contributed by atoms with Crippen LogP contribution in [0.3, 0.4) is 0 Å². The number of nitrogens with one attached hydrogen (secondary N) is 3. The van der Waals surface area contributed by atoms with Gasteiger partial charge in [0.2, 0.25) is 5.91 Å². The molecule has 1 saturated heterocycles. The van der Waals surface area contributed by atoms with Crippen molar-refractivity contribution in [3.63, 3.8) is 0 Å². The van der Waals surface area contributed by atoms with E-state index in [2.05, 4.69) is 16.0 Å². The largest absolute Gasteiger partial charge is 0.480 e. The van der Waals surface area contributed by atoms with Gasteiger partial charge in [-0.15, -0.1) is 11.8 Å². The monoisotopic (exact) mass is 476 g/mol. The van der Waals surface area contributed by atoms with Gasteiger partial charge >= 0.3 is 18.0 Å². The predicted octanol–water partition coefficient (Wildman–Crippen LogP) is 1.19. The Morgan fingerprint density at radius 1 is 1.18 bits per heavy atom. The van der Waals surface area contributed by atoms with Gasteiger partial charge in [0.15, 0.2) is 0 Å². The van der Waals surface area contributed by atoms with Gasteiger partial charge in [-0.3, -0.25) is 14.5 Å². The zero-order chi connectivity index (χ0) is 24.1. The maximum atomic E-state index is 12.4. The fourth-order valence-corrected chi connectivity index (χ4v) is 4.88. The van der Waals surface area contributed by atoms with Crippen molar-refractivity contribution in [2.75, 3.05) is 11.1 Å². The Balaban J connectivity index is 1.45. The molecule has 0 radical (unpaired) electrons. The van der Waals surface area contributed by atoms with Crippen LogP contribution in [-0.2, 0) is 19.2 Å². The number of thioether (sulfide) groups is 1. The minimum absolute atomic E-state index is 0.0129. The van der Waals surface area contributed by atoms with E-state index < -0.39 is 47.2 Å². The van der Waals surface area contributed by atoms with Crippen molar-refractivity contribution in [1.29, 1.82) is 0 Å². The summed E-state index contributed by atoms with van der Waals surface area (Å²) in [5.74, 6) is -2.90. The molecule has 0 saturated carbocycles. The third kappa shape index (κ3) is 5.64. The molecule has 33 heavy (non-hydrogen) atoms. The first-order chi connectivity index (χ1) is 15.7. The van der Waals surface area contributed by atoms with Crippen LogP contribution in [-0.4, -0.2) is 68.1 Å². The average molecular weight is 477 g/mol. The second kappa shape index (κ2) is 10.4. The van der Waals surface area contributed by atoms with Crippen LogP contribution in [0.5, 0.6) is 0 Å². The van der Waals surface area contributed by atoms with Crippen molar-refractivity contribution in [2.24, 2.45) is 0 Å². The molecule has 0 spiro atoms. The first kappa shape index (κ1) is 24.1. The highest BCUT2D eigenvalue weighted by Crippen LogP contribution is 2.40. The van der Waals surface area contributed by atoms with Gasteiger partial charge in [-0.2, -0.15) is 0 Å². The first-order valence-corrected chi connectivity index (χ1v) is 11.3. The number of para-hydroxylation sites is 1. The molecule has 176 valence electrons. The summed E-state index contributed by atoms with van der Waals surface area (Å²) < 4.78 is 0. The van der Waals surface area contributed by atoms with Gasteiger partial charge in [0.05, 0.1) is 0 Å². The van der Waals surface area contributed by atoms with Gasteiger partial charge in [-0.05, 0) is 37.5 Å². The maximum absolute atomic E-state index is 12.4. The van der Waals surface area contributed by atoms with Crippen LogP contribution in [0.15, 0.2) is 41.6 Å². The number of carboxylic acid groups (broad SMARTS) is 2. The quantitative estimate of drug-likeness (QED) is 0.332. The Morgan fingerprint density at radius 2 is 1.88 bits per heavy atom. The number of anilines is 1. The number of β-lactam (4-membered cyclic amide) rings is 1. The van der Waals surface area contributed by atoms with Crippen LogP contribution in [0.1, 0.15) is 26.2 Å². The van der Waals surface area contributed by atoms with E-state index in [1.165, 1.54) is 16.7 Å². The summed E-state index contributed by atoms with van der Waals surface area (Å²) in [6.07, 6.45) is 0.128. The molecule has 1 fully saturated rings. The molecule has 0 aromatic heterocycles. The Labute approximate surface area is 193 Å². The van der Waals surface area contributed by atoms with Crippen molar-refractivity contribution in [3.05, 3.63) is 41.6 Å². The van der Waals surface area contributed by atoms with E-state index in [4.69, 9.17) is 0 Å². The molecule has 0 aliphatic carbocycles.